The number of nitrogens with one attached hydrogen (secondary N) is 1. The number of benzene rings is 1. The maximum Gasteiger partial charge on any atom is 0.340 e. The van der Waals surface area contributed by atoms with Gasteiger partial charge in [0.05, 0.1) is 5.56 Å². The maximum absolute atomic E-state index is 12.8. The zero-order valence-corrected chi connectivity index (χ0v) is 17.3. The van der Waals surface area contributed by atoms with E-state index in [9.17, 15) is 4.79 Å². The highest BCUT2D eigenvalue weighted by Crippen LogP contribution is 2.37. The minimum Gasteiger partial charge on any atom is -0.456 e. The first-order chi connectivity index (χ1) is 12.8. The van der Waals surface area contributed by atoms with E-state index in [1.165, 1.54) is 31.2 Å². The molecule has 0 aromatic heterocycles. The molecule has 1 aromatic carbocycles. The molecular weight excluding hydrogens is 338 g/mol. The maximum atomic E-state index is 12.8. The average Bonchev–Trinajstić information content (AvgIpc) is 2.61. The molecule has 0 radical (unpaired) electrons. The first kappa shape index (κ1) is 20.2. The number of anilines is 1. The zero-order chi connectivity index (χ0) is 19.4. The molecule has 1 aromatic rings. The normalized spacial score (nSPS) is 24.4. The van der Waals surface area contributed by atoms with E-state index in [4.69, 9.17) is 9.47 Å². The van der Waals surface area contributed by atoms with Crippen molar-refractivity contribution in [2.45, 2.75) is 83.8 Å². The van der Waals surface area contributed by atoms with E-state index in [1.54, 1.807) is 0 Å². The molecule has 27 heavy (non-hydrogen) atoms. The van der Waals surface area contributed by atoms with Crippen LogP contribution in [0, 0.1) is 5.92 Å². The predicted molar refractivity (Wildman–Crippen MR) is 109 cm³/mol. The minimum atomic E-state index is -0.495. The van der Waals surface area contributed by atoms with Gasteiger partial charge in [-0.05, 0) is 76.0 Å². The van der Waals surface area contributed by atoms with E-state index >= 15 is 0 Å². The zero-order valence-electron chi connectivity index (χ0n) is 17.3. The van der Waals surface area contributed by atoms with Gasteiger partial charge in [0.2, 0.25) is 0 Å². The van der Waals surface area contributed by atoms with Crippen LogP contribution in [-0.2, 0) is 9.47 Å². The molecular formula is C23H35NO3. The van der Waals surface area contributed by atoms with Crippen molar-refractivity contribution in [1.82, 2.24) is 0 Å². The summed E-state index contributed by atoms with van der Waals surface area (Å²) in [5.74, 6) is 1.19. The van der Waals surface area contributed by atoms with Gasteiger partial charge in [0.1, 0.15) is 5.60 Å². The lowest BCUT2D eigenvalue weighted by atomic mass is 9.79. The average molecular weight is 374 g/mol. The van der Waals surface area contributed by atoms with Crippen LogP contribution in [-0.4, -0.2) is 30.8 Å². The Bertz CT molecular complexity index is 636. The largest absolute Gasteiger partial charge is 0.456 e. The van der Waals surface area contributed by atoms with Crippen LogP contribution < -0.4 is 5.32 Å². The summed E-state index contributed by atoms with van der Waals surface area (Å²) in [6.07, 6.45) is 7.01. The number of carbonyl (C=O) groups excluding carboxylic acids is 1. The van der Waals surface area contributed by atoms with Crippen molar-refractivity contribution in [2.75, 3.05) is 18.5 Å². The number of hydrogen-bond acceptors (Lipinski definition) is 4. The van der Waals surface area contributed by atoms with E-state index in [0.29, 0.717) is 17.5 Å². The smallest absolute Gasteiger partial charge is 0.340 e. The van der Waals surface area contributed by atoms with Gasteiger partial charge in [-0.25, -0.2) is 4.79 Å². The fourth-order valence-corrected chi connectivity index (χ4v) is 4.10. The van der Waals surface area contributed by atoms with Gasteiger partial charge in [-0.2, -0.15) is 0 Å². The van der Waals surface area contributed by atoms with E-state index in [1.807, 2.05) is 26.8 Å². The Hall–Kier alpha value is -1.55. The molecule has 4 nitrogen and oxygen atoms in total. The van der Waals surface area contributed by atoms with Crippen molar-refractivity contribution in [3.8, 4) is 0 Å². The first-order valence-corrected chi connectivity index (χ1v) is 10.5. The molecule has 1 aliphatic heterocycles. The number of carbonyl (C=O) groups is 1. The summed E-state index contributed by atoms with van der Waals surface area (Å²) >= 11 is 0. The second kappa shape index (κ2) is 8.64. The second-order valence-corrected chi connectivity index (χ2v) is 9.29. The molecule has 0 spiro atoms. The van der Waals surface area contributed by atoms with Crippen LogP contribution in [0.5, 0.6) is 0 Å². The molecule has 0 amide bonds. The lowest BCUT2D eigenvalue weighted by Crippen LogP contribution is -2.29. The molecule has 150 valence electrons. The molecule has 1 aliphatic carbocycles. The highest BCUT2D eigenvalue weighted by Gasteiger charge is 2.25. The van der Waals surface area contributed by atoms with Crippen LogP contribution in [0.3, 0.4) is 0 Å². The molecule has 1 saturated heterocycles. The van der Waals surface area contributed by atoms with Crippen LogP contribution in [0.15, 0.2) is 18.2 Å². The Morgan fingerprint density at radius 1 is 1.07 bits per heavy atom. The highest BCUT2D eigenvalue weighted by atomic mass is 16.6. The van der Waals surface area contributed by atoms with Crippen molar-refractivity contribution < 1.29 is 14.3 Å². The standard InChI is InChI=1S/C23H35NO3/c1-16-5-7-17(8-6-16)18-9-10-20(22(25)27-23(2,3)4)21(15-18)24-19-11-13-26-14-12-19/h9-10,15-17,19,24H,5-8,11-14H2,1-4H3. The van der Waals surface area contributed by atoms with E-state index in [2.05, 4.69) is 24.4 Å². The van der Waals surface area contributed by atoms with Gasteiger partial charge >= 0.3 is 5.97 Å². The number of rotatable bonds is 4. The molecule has 1 saturated carbocycles. The van der Waals surface area contributed by atoms with Gasteiger partial charge in [-0.15, -0.1) is 0 Å². The van der Waals surface area contributed by atoms with Crippen LogP contribution in [0.25, 0.3) is 0 Å². The molecule has 2 fully saturated rings. The minimum absolute atomic E-state index is 0.249. The molecule has 0 bridgehead atoms. The summed E-state index contributed by atoms with van der Waals surface area (Å²) < 4.78 is 11.1. The van der Waals surface area contributed by atoms with Crippen LogP contribution in [0.1, 0.15) is 88.1 Å². The van der Waals surface area contributed by atoms with Crippen LogP contribution in [0.2, 0.25) is 0 Å². The quantitative estimate of drug-likeness (QED) is 0.705. The summed E-state index contributed by atoms with van der Waals surface area (Å²) in [7, 11) is 0. The molecule has 2 aliphatic rings. The Balaban J connectivity index is 1.83. The Kier molecular flexibility index (Phi) is 6.46. The van der Waals surface area contributed by atoms with Gasteiger partial charge in [-0.1, -0.05) is 25.8 Å². The molecule has 4 heteroatoms. The Labute approximate surface area is 164 Å². The van der Waals surface area contributed by atoms with Gasteiger partial charge in [0.25, 0.3) is 0 Å². The number of hydrogen-bond donors (Lipinski definition) is 1. The molecule has 1 N–H and O–H groups in total. The fourth-order valence-electron chi connectivity index (χ4n) is 4.10. The van der Waals surface area contributed by atoms with E-state index < -0.39 is 5.60 Å². The van der Waals surface area contributed by atoms with Crippen molar-refractivity contribution in [3.05, 3.63) is 29.3 Å². The van der Waals surface area contributed by atoms with E-state index in [0.717, 1.165) is 37.7 Å². The Morgan fingerprint density at radius 2 is 1.74 bits per heavy atom. The van der Waals surface area contributed by atoms with Crippen molar-refractivity contribution in [3.63, 3.8) is 0 Å². The third-order valence-electron chi connectivity index (χ3n) is 5.73. The van der Waals surface area contributed by atoms with E-state index in [-0.39, 0.29) is 5.97 Å². The highest BCUT2D eigenvalue weighted by molar-refractivity contribution is 5.96. The van der Waals surface area contributed by atoms with Crippen LogP contribution in [0.4, 0.5) is 5.69 Å². The van der Waals surface area contributed by atoms with Crippen LogP contribution >= 0.6 is 0 Å². The third-order valence-corrected chi connectivity index (χ3v) is 5.73. The summed E-state index contributed by atoms with van der Waals surface area (Å²) in [6.45, 7) is 9.63. The molecule has 3 rings (SSSR count). The third kappa shape index (κ3) is 5.71. The second-order valence-electron chi connectivity index (χ2n) is 9.29. The lowest BCUT2D eigenvalue weighted by Gasteiger charge is -2.29. The number of esters is 1. The predicted octanol–water partition coefficient (Wildman–Crippen LogP) is 5.53. The summed E-state index contributed by atoms with van der Waals surface area (Å²) in [6, 6.07) is 6.65. The van der Waals surface area contributed by atoms with Crippen molar-refractivity contribution in [1.29, 1.82) is 0 Å². The summed E-state index contributed by atoms with van der Waals surface area (Å²) in [4.78, 5) is 12.8. The molecule has 0 unspecified atom stereocenters. The van der Waals surface area contributed by atoms with Crippen molar-refractivity contribution in [2.24, 2.45) is 5.92 Å². The van der Waals surface area contributed by atoms with Gasteiger partial charge in [-0.3, -0.25) is 0 Å². The SMILES string of the molecule is CC1CCC(c2ccc(C(=O)OC(C)(C)C)c(NC3CCOCC3)c2)CC1. The topological polar surface area (TPSA) is 47.6 Å². The fraction of sp³-hybridized carbons (Fsp3) is 0.696. The van der Waals surface area contributed by atoms with Gasteiger partial charge in [0.15, 0.2) is 0 Å². The summed E-state index contributed by atoms with van der Waals surface area (Å²) in [5, 5.41) is 3.62. The first-order valence-electron chi connectivity index (χ1n) is 10.5. The summed E-state index contributed by atoms with van der Waals surface area (Å²) in [5.41, 5.74) is 2.42. The molecule has 1 heterocycles. The van der Waals surface area contributed by atoms with Crippen molar-refractivity contribution >= 4 is 11.7 Å². The molecule has 0 atom stereocenters. The lowest BCUT2D eigenvalue weighted by molar-refractivity contribution is 0.00706. The Morgan fingerprint density at radius 3 is 2.37 bits per heavy atom. The van der Waals surface area contributed by atoms with Gasteiger partial charge < -0.3 is 14.8 Å². The van der Waals surface area contributed by atoms with Gasteiger partial charge in [0, 0.05) is 24.9 Å². The number of ether oxygens (including phenoxy) is 2. The monoisotopic (exact) mass is 373 g/mol.